The molecule has 1 rings (SSSR count). The molecule has 0 amide bonds. The largest absolute Gasteiger partial charge is 0.327 e. The van der Waals surface area contributed by atoms with E-state index in [9.17, 15) is 4.21 Å². The Kier molecular flexibility index (Phi) is 5.41. The van der Waals surface area contributed by atoms with Crippen LogP contribution < -0.4 is 5.73 Å². The monoisotopic (exact) mass is 246 g/mol. The molecule has 0 spiro atoms. The molecule has 1 fully saturated rings. The Morgan fingerprint density at radius 1 is 1.50 bits per heavy atom. The zero-order valence-corrected chi connectivity index (χ0v) is 11.8. The van der Waals surface area contributed by atoms with Crippen molar-refractivity contribution >= 4 is 10.8 Å². The summed E-state index contributed by atoms with van der Waals surface area (Å²) >= 11 is 0. The van der Waals surface area contributed by atoms with Gasteiger partial charge >= 0.3 is 0 Å². The van der Waals surface area contributed by atoms with Gasteiger partial charge in [0.05, 0.1) is 0 Å². The summed E-state index contributed by atoms with van der Waals surface area (Å²) in [5, 5.41) is 0.304. The highest BCUT2D eigenvalue weighted by Crippen LogP contribution is 2.22. The minimum atomic E-state index is -0.693. The van der Waals surface area contributed by atoms with Gasteiger partial charge in [-0.3, -0.25) is 4.21 Å². The second-order valence-corrected chi connectivity index (χ2v) is 6.99. The third-order valence-corrected chi connectivity index (χ3v) is 5.52. The first kappa shape index (κ1) is 14.1. The molecule has 4 heteroatoms. The van der Waals surface area contributed by atoms with E-state index in [0.29, 0.717) is 23.3 Å². The van der Waals surface area contributed by atoms with Gasteiger partial charge in [0.25, 0.3) is 0 Å². The Labute approximate surface area is 102 Å². The maximum atomic E-state index is 11.3. The topological polar surface area (TPSA) is 46.3 Å². The number of nitrogens with two attached hydrogens (primary N) is 1. The summed E-state index contributed by atoms with van der Waals surface area (Å²) in [6.45, 7) is 8.72. The number of nitrogens with zero attached hydrogens (tertiary/aromatic N) is 1. The van der Waals surface area contributed by atoms with Gasteiger partial charge in [-0.2, -0.15) is 0 Å². The number of likely N-dealkylation sites (tertiary alicyclic amines) is 1. The minimum absolute atomic E-state index is 0.304. The molecular formula is C12H26N2OS. The van der Waals surface area contributed by atoms with Gasteiger partial charge in [-0.25, -0.2) is 0 Å². The Morgan fingerprint density at radius 3 is 2.69 bits per heavy atom. The second kappa shape index (κ2) is 6.12. The van der Waals surface area contributed by atoms with Crippen molar-refractivity contribution in [1.29, 1.82) is 0 Å². The van der Waals surface area contributed by atoms with Gasteiger partial charge in [-0.05, 0) is 38.8 Å². The predicted molar refractivity (Wildman–Crippen MR) is 70.9 cm³/mol. The van der Waals surface area contributed by atoms with Crippen LogP contribution in [0.5, 0.6) is 0 Å². The third-order valence-electron chi connectivity index (χ3n) is 4.15. The molecule has 1 aliphatic rings. The van der Waals surface area contributed by atoms with E-state index >= 15 is 0 Å². The van der Waals surface area contributed by atoms with Crippen LogP contribution in [0.1, 0.15) is 33.6 Å². The van der Waals surface area contributed by atoms with Crippen molar-refractivity contribution in [3.05, 3.63) is 0 Å². The van der Waals surface area contributed by atoms with E-state index in [-0.39, 0.29) is 0 Å². The van der Waals surface area contributed by atoms with E-state index in [1.54, 1.807) is 6.26 Å². The molecule has 0 aliphatic carbocycles. The van der Waals surface area contributed by atoms with Crippen LogP contribution in [0.3, 0.4) is 0 Å². The van der Waals surface area contributed by atoms with Crippen molar-refractivity contribution in [3.8, 4) is 0 Å². The summed E-state index contributed by atoms with van der Waals surface area (Å²) in [5.41, 5.74) is 6.06. The summed E-state index contributed by atoms with van der Waals surface area (Å²) in [5.74, 6) is 0.566. The summed E-state index contributed by atoms with van der Waals surface area (Å²) < 4.78 is 11.3. The fraction of sp³-hybridized carbons (Fsp3) is 1.00. The molecule has 0 aromatic carbocycles. The first-order chi connectivity index (χ1) is 7.43. The van der Waals surface area contributed by atoms with Crippen LogP contribution in [0.2, 0.25) is 0 Å². The first-order valence-electron chi connectivity index (χ1n) is 6.25. The SMILES string of the molecule is CC1C(N)CCN(CCC(C)S(C)=O)C1C. The van der Waals surface area contributed by atoms with Crippen LogP contribution in [-0.2, 0) is 10.8 Å². The van der Waals surface area contributed by atoms with Crippen molar-refractivity contribution in [3.63, 3.8) is 0 Å². The Bertz CT molecular complexity index is 247. The van der Waals surface area contributed by atoms with Gasteiger partial charge in [-0.1, -0.05) is 13.8 Å². The fourth-order valence-corrected chi connectivity index (χ4v) is 2.74. The van der Waals surface area contributed by atoms with E-state index in [4.69, 9.17) is 5.73 Å². The van der Waals surface area contributed by atoms with E-state index < -0.39 is 10.8 Å². The normalized spacial score (nSPS) is 35.9. The molecule has 16 heavy (non-hydrogen) atoms. The van der Waals surface area contributed by atoms with E-state index in [2.05, 4.69) is 25.7 Å². The molecule has 96 valence electrons. The highest BCUT2D eigenvalue weighted by Gasteiger charge is 2.30. The molecule has 1 heterocycles. The zero-order chi connectivity index (χ0) is 12.3. The average molecular weight is 246 g/mol. The lowest BCUT2D eigenvalue weighted by Gasteiger charge is -2.41. The molecule has 0 saturated carbocycles. The molecule has 0 bridgehead atoms. The van der Waals surface area contributed by atoms with E-state index in [1.165, 1.54) is 0 Å². The van der Waals surface area contributed by atoms with Gasteiger partial charge in [-0.15, -0.1) is 0 Å². The number of piperidine rings is 1. The lowest BCUT2D eigenvalue weighted by Crippen LogP contribution is -2.52. The molecule has 0 aromatic rings. The average Bonchev–Trinajstić information content (AvgIpc) is 2.24. The summed E-state index contributed by atoms with van der Waals surface area (Å²) in [7, 11) is -0.693. The van der Waals surface area contributed by atoms with E-state index in [1.807, 2.05) is 0 Å². The second-order valence-electron chi connectivity index (χ2n) is 5.19. The summed E-state index contributed by atoms with van der Waals surface area (Å²) in [6, 6.07) is 0.908. The third kappa shape index (κ3) is 3.54. The van der Waals surface area contributed by atoms with Crippen molar-refractivity contribution in [2.75, 3.05) is 19.3 Å². The first-order valence-corrected chi connectivity index (χ1v) is 7.87. The van der Waals surface area contributed by atoms with Crippen molar-refractivity contribution in [1.82, 2.24) is 4.90 Å². The molecular weight excluding hydrogens is 220 g/mol. The maximum Gasteiger partial charge on any atom is 0.0329 e. The van der Waals surface area contributed by atoms with Crippen LogP contribution in [0.25, 0.3) is 0 Å². The highest BCUT2D eigenvalue weighted by molar-refractivity contribution is 7.84. The number of hydrogen-bond donors (Lipinski definition) is 1. The van der Waals surface area contributed by atoms with Crippen LogP contribution in [0.4, 0.5) is 0 Å². The molecule has 2 N–H and O–H groups in total. The van der Waals surface area contributed by atoms with Crippen LogP contribution in [0.15, 0.2) is 0 Å². The summed E-state index contributed by atoms with van der Waals surface area (Å²) in [4.78, 5) is 2.50. The fourth-order valence-electron chi connectivity index (χ4n) is 2.30. The maximum absolute atomic E-state index is 11.3. The Balaban J connectivity index is 2.40. The predicted octanol–water partition coefficient (Wildman–Crippen LogP) is 1.20. The van der Waals surface area contributed by atoms with Gasteiger partial charge < -0.3 is 10.6 Å². The molecule has 1 aliphatic heterocycles. The minimum Gasteiger partial charge on any atom is -0.327 e. The van der Waals surface area contributed by atoms with Crippen molar-refractivity contribution < 1.29 is 4.21 Å². The van der Waals surface area contributed by atoms with Crippen molar-refractivity contribution in [2.45, 2.75) is 50.9 Å². The van der Waals surface area contributed by atoms with Crippen molar-refractivity contribution in [2.24, 2.45) is 11.7 Å². The van der Waals surface area contributed by atoms with Crippen LogP contribution in [0, 0.1) is 5.92 Å². The lowest BCUT2D eigenvalue weighted by atomic mass is 9.87. The highest BCUT2D eigenvalue weighted by atomic mass is 32.2. The van der Waals surface area contributed by atoms with Crippen LogP contribution >= 0.6 is 0 Å². The zero-order valence-electron chi connectivity index (χ0n) is 11.0. The van der Waals surface area contributed by atoms with Gasteiger partial charge in [0, 0.05) is 34.4 Å². The Hall–Kier alpha value is 0.0700. The van der Waals surface area contributed by atoms with Gasteiger partial charge in [0.1, 0.15) is 0 Å². The molecule has 3 nitrogen and oxygen atoms in total. The molecule has 0 aromatic heterocycles. The lowest BCUT2D eigenvalue weighted by molar-refractivity contribution is 0.0969. The van der Waals surface area contributed by atoms with E-state index in [0.717, 1.165) is 25.9 Å². The molecule has 5 atom stereocenters. The van der Waals surface area contributed by atoms with Gasteiger partial charge in [0.2, 0.25) is 0 Å². The standard InChI is InChI=1S/C12H26N2OS/c1-9(16(4)15)5-7-14-8-6-12(13)10(2)11(14)3/h9-12H,5-8,13H2,1-4H3. The van der Waals surface area contributed by atoms with Gasteiger partial charge in [0.15, 0.2) is 0 Å². The summed E-state index contributed by atoms with van der Waals surface area (Å²) in [6.07, 6.45) is 3.91. The smallest absolute Gasteiger partial charge is 0.0329 e. The Morgan fingerprint density at radius 2 is 2.12 bits per heavy atom. The number of rotatable bonds is 4. The molecule has 0 radical (unpaired) electrons. The molecule has 5 unspecified atom stereocenters. The number of hydrogen-bond acceptors (Lipinski definition) is 3. The van der Waals surface area contributed by atoms with Crippen LogP contribution in [-0.4, -0.2) is 45.8 Å². The molecule has 1 saturated heterocycles. The quantitative estimate of drug-likeness (QED) is 0.811.